The first-order valence-electron chi connectivity index (χ1n) is 6.25. The quantitative estimate of drug-likeness (QED) is 0.885. The van der Waals surface area contributed by atoms with Gasteiger partial charge in [-0.15, -0.1) is 0 Å². The Bertz CT molecular complexity index is 486. The van der Waals surface area contributed by atoms with E-state index in [-0.39, 0.29) is 24.8 Å². The lowest BCUT2D eigenvalue weighted by molar-refractivity contribution is -0.139. The number of carbonyl (C=O) groups excluding carboxylic acids is 1. The van der Waals surface area contributed by atoms with Crippen molar-refractivity contribution in [3.8, 4) is 5.75 Å². The van der Waals surface area contributed by atoms with E-state index >= 15 is 0 Å². The molecule has 0 saturated heterocycles. The molecule has 0 aliphatic carbocycles. The summed E-state index contributed by atoms with van der Waals surface area (Å²) in [7, 11) is 1.63. The van der Waals surface area contributed by atoms with E-state index in [1.165, 1.54) is 4.90 Å². The van der Waals surface area contributed by atoms with Gasteiger partial charge in [0.25, 0.3) is 0 Å². The fourth-order valence-corrected chi connectivity index (χ4v) is 2.17. The van der Waals surface area contributed by atoms with Gasteiger partial charge in [-0.3, -0.25) is 9.59 Å². The second-order valence-electron chi connectivity index (χ2n) is 4.72. The molecule has 1 aliphatic heterocycles. The second kappa shape index (κ2) is 5.73. The molecule has 1 amide bonds. The maximum absolute atomic E-state index is 12.2. The molecule has 0 fully saturated rings. The standard InChI is InChI=1S/C14H17NO4/c1-15(7-6-13(16)17)14(18)11-8-10-4-2-3-5-12(10)19-9-11/h2-5,11H,6-9H2,1H3,(H,16,17). The number of rotatable bonds is 4. The molecule has 1 unspecified atom stereocenters. The molecular weight excluding hydrogens is 246 g/mol. The van der Waals surface area contributed by atoms with Gasteiger partial charge >= 0.3 is 5.97 Å². The largest absolute Gasteiger partial charge is 0.492 e. The Kier molecular flexibility index (Phi) is 4.04. The van der Waals surface area contributed by atoms with E-state index in [1.807, 2.05) is 24.3 Å². The number of hydrogen-bond donors (Lipinski definition) is 1. The minimum atomic E-state index is -0.898. The van der Waals surface area contributed by atoms with Crippen LogP contribution in [0.5, 0.6) is 5.75 Å². The van der Waals surface area contributed by atoms with Crippen LogP contribution in [0.15, 0.2) is 24.3 Å². The number of nitrogens with zero attached hydrogens (tertiary/aromatic N) is 1. The lowest BCUT2D eigenvalue weighted by atomic mass is 9.95. The van der Waals surface area contributed by atoms with Crippen LogP contribution in [0.3, 0.4) is 0 Å². The van der Waals surface area contributed by atoms with Crippen molar-refractivity contribution in [1.29, 1.82) is 0 Å². The summed E-state index contributed by atoms with van der Waals surface area (Å²) in [5.41, 5.74) is 1.03. The van der Waals surface area contributed by atoms with Gasteiger partial charge < -0.3 is 14.7 Å². The van der Waals surface area contributed by atoms with Gasteiger partial charge in [-0.25, -0.2) is 0 Å². The zero-order chi connectivity index (χ0) is 13.8. The molecule has 0 radical (unpaired) electrons. The molecule has 1 aliphatic rings. The Labute approximate surface area is 111 Å². The summed E-state index contributed by atoms with van der Waals surface area (Å²) >= 11 is 0. The van der Waals surface area contributed by atoms with E-state index in [4.69, 9.17) is 9.84 Å². The molecule has 5 nitrogen and oxygen atoms in total. The van der Waals surface area contributed by atoms with E-state index in [1.54, 1.807) is 7.05 Å². The highest BCUT2D eigenvalue weighted by Crippen LogP contribution is 2.27. The number of hydrogen-bond acceptors (Lipinski definition) is 3. The van der Waals surface area contributed by atoms with Crippen LogP contribution >= 0.6 is 0 Å². The number of carboxylic acids is 1. The lowest BCUT2D eigenvalue weighted by Crippen LogP contribution is -2.39. The molecule has 1 atom stereocenters. The molecule has 1 aromatic rings. The van der Waals surface area contributed by atoms with Crippen molar-refractivity contribution < 1.29 is 19.4 Å². The van der Waals surface area contributed by atoms with Crippen molar-refractivity contribution >= 4 is 11.9 Å². The van der Waals surface area contributed by atoms with E-state index in [2.05, 4.69) is 0 Å². The zero-order valence-electron chi connectivity index (χ0n) is 10.8. The van der Waals surface area contributed by atoms with Crippen LogP contribution in [0, 0.1) is 5.92 Å². The molecule has 19 heavy (non-hydrogen) atoms. The number of carbonyl (C=O) groups is 2. The van der Waals surface area contributed by atoms with Crippen molar-refractivity contribution in [2.24, 2.45) is 5.92 Å². The van der Waals surface area contributed by atoms with E-state index in [0.717, 1.165) is 11.3 Å². The Morgan fingerprint density at radius 2 is 2.16 bits per heavy atom. The number of aliphatic carboxylic acids is 1. The number of amides is 1. The molecule has 1 N–H and O–H groups in total. The molecular formula is C14H17NO4. The highest BCUT2D eigenvalue weighted by molar-refractivity contribution is 5.80. The smallest absolute Gasteiger partial charge is 0.305 e. The summed E-state index contributed by atoms with van der Waals surface area (Å²) in [5, 5.41) is 8.62. The topological polar surface area (TPSA) is 66.8 Å². The number of carboxylic acid groups (broad SMARTS) is 1. The van der Waals surface area contributed by atoms with Crippen molar-refractivity contribution in [2.45, 2.75) is 12.8 Å². The SMILES string of the molecule is CN(CCC(=O)O)C(=O)C1COc2ccccc2C1. The number of fused-ring (bicyclic) bond motifs is 1. The summed E-state index contributed by atoms with van der Waals surface area (Å²) in [6, 6.07) is 7.67. The van der Waals surface area contributed by atoms with Crippen LogP contribution in [0.1, 0.15) is 12.0 Å². The van der Waals surface area contributed by atoms with Gasteiger partial charge in [0.2, 0.25) is 5.91 Å². The van der Waals surface area contributed by atoms with Gasteiger partial charge in [0.05, 0.1) is 12.3 Å². The van der Waals surface area contributed by atoms with Crippen LogP contribution in [-0.4, -0.2) is 42.1 Å². The molecule has 1 aromatic carbocycles. The Morgan fingerprint density at radius 3 is 2.89 bits per heavy atom. The monoisotopic (exact) mass is 263 g/mol. The normalized spacial score (nSPS) is 17.2. The van der Waals surface area contributed by atoms with Crippen LogP contribution in [0.2, 0.25) is 0 Å². The third-order valence-electron chi connectivity index (χ3n) is 3.27. The summed E-state index contributed by atoms with van der Waals surface area (Å²) in [6.45, 7) is 0.583. The van der Waals surface area contributed by atoms with E-state index in [9.17, 15) is 9.59 Å². The minimum Gasteiger partial charge on any atom is -0.492 e. The minimum absolute atomic E-state index is 0.0353. The predicted molar refractivity (Wildman–Crippen MR) is 69.0 cm³/mol. The Balaban J connectivity index is 1.96. The first-order chi connectivity index (χ1) is 9.08. The molecule has 0 saturated carbocycles. The highest BCUT2D eigenvalue weighted by Gasteiger charge is 2.28. The van der Waals surface area contributed by atoms with Gasteiger partial charge in [0, 0.05) is 13.6 Å². The van der Waals surface area contributed by atoms with Crippen LogP contribution in [0.25, 0.3) is 0 Å². The Morgan fingerprint density at radius 1 is 1.42 bits per heavy atom. The molecule has 1 heterocycles. The first-order valence-corrected chi connectivity index (χ1v) is 6.25. The summed E-state index contributed by atoms with van der Waals surface area (Å²) in [5.74, 6) is -0.353. The van der Waals surface area contributed by atoms with Gasteiger partial charge in [-0.2, -0.15) is 0 Å². The maximum Gasteiger partial charge on any atom is 0.305 e. The van der Waals surface area contributed by atoms with Crippen LogP contribution in [-0.2, 0) is 16.0 Å². The van der Waals surface area contributed by atoms with Crippen LogP contribution in [0.4, 0.5) is 0 Å². The fourth-order valence-electron chi connectivity index (χ4n) is 2.17. The molecule has 5 heteroatoms. The summed E-state index contributed by atoms with van der Waals surface area (Å²) < 4.78 is 5.57. The van der Waals surface area contributed by atoms with Gasteiger partial charge in [0.15, 0.2) is 0 Å². The van der Waals surface area contributed by atoms with Gasteiger partial charge in [-0.1, -0.05) is 18.2 Å². The zero-order valence-corrected chi connectivity index (χ0v) is 10.8. The number of para-hydroxylation sites is 1. The Hall–Kier alpha value is -2.04. The number of ether oxygens (including phenoxy) is 1. The third-order valence-corrected chi connectivity index (χ3v) is 3.27. The van der Waals surface area contributed by atoms with Crippen LogP contribution < -0.4 is 4.74 Å². The summed E-state index contributed by atoms with van der Waals surface area (Å²) in [6.07, 6.45) is 0.610. The first kappa shape index (κ1) is 13.4. The molecule has 102 valence electrons. The number of benzene rings is 1. The molecule has 0 spiro atoms. The molecule has 0 aromatic heterocycles. The van der Waals surface area contributed by atoms with Crippen molar-refractivity contribution in [1.82, 2.24) is 4.90 Å². The molecule has 2 rings (SSSR count). The highest BCUT2D eigenvalue weighted by atomic mass is 16.5. The maximum atomic E-state index is 12.2. The average molecular weight is 263 g/mol. The van der Waals surface area contributed by atoms with Crippen molar-refractivity contribution in [3.05, 3.63) is 29.8 Å². The second-order valence-corrected chi connectivity index (χ2v) is 4.72. The molecule has 0 bridgehead atoms. The lowest BCUT2D eigenvalue weighted by Gasteiger charge is -2.28. The summed E-state index contributed by atoms with van der Waals surface area (Å²) in [4.78, 5) is 24.1. The van der Waals surface area contributed by atoms with Crippen molar-refractivity contribution in [2.75, 3.05) is 20.2 Å². The fraction of sp³-hybridized carbons (Fsp3) is 0.429. The van der Waals surface area contributed by atoms with E-state index in [0.29, 0.717) is 13.0 Å². The van der Waals surface area contributed by atoms with E-state index < -0.39 is 5.97 Å². The third kappa shape index (κ3) is 3.24. The average Bonchev–Trinajstić information content (AvgIpc) is 2.43. The van der Waals surface area contributed by atoms with Gasteiger partial charge in [-0.05, 0) is 18.1 Å². The van der Waals surface area contributed by atoms with Crippen molar-refractivity contribution in [3.63, 3.8) is 0 Å². The predicted octanol–water partition coefficient (Wildman–Crippen LogP) is 1.17. The van der Waals surface area contributed by atoms with Gasteiger partial charge in [0.1, 0.15) is 12.4 Å².